The average Bonchev–Trinajstić information content (AvgIpc) is 3.25. The van der Waals surface area contributed by atoms with Crippen molar-refractivity contribution < 1.29 is 9.59 Å². The van der Waals surface area contributed by atoms with Gasteiger partial charge in [0.1, 0.15) is 0 Å². The molecule has 0 radical (unpaired) electrons. The second-order valence-corrected chi connectivity index (χ2v) is 9.52. The number of hydrogen-bond acceptors (Lipinski definition) is 3. The molecule has 5 heteroatoms. The molecule has 3 aliphatic rings. The Morgan fingerprint density at radius 2 is 1.81 bits per heavy atom. The van der Waals surface area contributed by atoms with Crippen LogP contribution in [-0.2, 0) is 16.1 Å². The summed E-state index contributed by atoms with van der Waals surface area (Å²) in [5.41, 5.74) is 2.36. The van der Waals surface area contributed by atoms with E-state index in [1.54, 1.807) is 0 Å². The van der Waals surface area contributed by atoms with Gasteiger partial charge in [0, 0.05) is 50.8 Å². The van der Waals surface area contributed by atoms with Crippen LogP contribution in [0.2, 0.25) is 0 Å². The topological polar surface area (TPSA) is 52.7 Å². The highest BCUT2D eigenvalue weighted by molar-refractivity contribution is 5.93. The Balaban J connectivity index is 1.12. The zero-order valence-electron chi connectivity index (χ0n) is 18.7. The van der Waals surface area contributed by atoms with Gasteiger partial charge in [-0.05, 0) is 62.8 Å². The van der Waals surface area contributed by atoms with Crippen molar-refractivity contribution in [1.29, 1.82) is 0 Å². The van der Waals surface area contributed by atoms with E-state index in [0.717, 1.165) is 83.2 Å². The Morgan fingerprint density at radius 1 is 1.00 bits per heavy atom. The summed E-state index contributed by atoms with van der Waals surface area (Å²) in [6.45, 7) is 4.64. The lowest BCUT2D eigenvalue weighted by Gasteiger charge is -2.33. The number of nitrogens with one attached hydrogen (secondary N) is 1. The third-order valence-corrected chi connectivity index (χ3v) is 7.13. The molecule has 31 heavy (non-hydrogen) atoms. The minimum absolute atomic E-state index is 0.192. The quantitative estimate of drug-likeness (QED) is 0.724. The van der Waals surface area contributed by atoms with Crippen molar-refractivity contribution >= 4 is 11.8 Å². The van der Waals surface area contributed by atoms with Crippen LogP contribution in [0.25, 0.3) is 0 Å². The summed E-state index contributed by atoms with van der Waals surface area (Å²) in [5, 5.41) is 3.25. The molecule has 1 aliphatic carbocycles. The van der Waals surface area contributed by atoms with Crippen LogP contribution < -0.4 is 5.32 Å². The van der Waals surface area contributed by atoms with Gasteiger partial charge in [-0.2, -0.15) is 0 Å². The molecule has 2 heterocycles. The van der Waals surface area contributed by atoms with Gasteiger partial charge in [-0.3, -0.25) is 14.5 Å². The summed E-state index contributed by atoms with van der Waals surface area (Å²) in [6, 6.07) is 10.8. The number of piperidine rings is 1. The number of hydrogen-bond donors (Lipinski definition) is 1. The number of allylic oxidation sites excluding steroid dienone is 1. The van der Waals surface area contributed by atoms with E-state index in [-0.39, 0.29) is 17.9 Å². The largest absolute Gasteiger partial charge is 0.352 e. The molecule has 5 nitrogen and oxygen atoms in total. The first-order valence-corrected chi connectivity index (χ1v) is 12.2. The van der Waals surface area contributed by atoms with Crippen molar-refractivity contribution in [3.8, 4) is 0 Å². The molecule has 0 bridgehead atoms. The van der Waals surface area contributed by atoms with Crippen LogP contribution in [-0.4, -0.2) is 53.8 Å². The monoisotopic (exact) mass is 423 g/mol. The predicted molar refractivity (Wildman–Crippen MR) is 123 cm³/mol. The van der Waals surface area contributed by atoms with E-state index in [1.807, 2.05) is 11.0 Å². The first kappa shape index (κ1) is 22.1. The lowest BCUT2D eigenvalue weighted by atomic mass is 9.91. The summed E-state index contributed by atoms with van der Waals surface area (Å²) in [4.78, 5) is 29.6. The fourth-order valence-corrected chi connectivity index (χ4v) is 5.23. The highest BCUT2D eigenvalue weighted by Crippen LogP contribution is 2.25. The number of benzene rings is 1. The van der Waals surface area contributed by atoms with Crippen molar-refractivity contribution in [2.24, 2.45) is 5.92 Å². The van der Waals surface area contributed by atoms with E-state index in [1.165, 1.54) is 12.0 Å². The third-order valence-electron chi connectivity index (χ3n) is 7.13. The van der Waals surface area contributed by atoms with Gasteiger partial charge in [0.05, 0.1) is 0 Å². The summed E-state index contributed by atoms with van der Waals surface area (Å²) < 4.78 is 0. The molecule has 0 unspecified atom stereocenters. The van der Waals surface area contributed by atoms with Gasteiger partial charge in [0.25, 0.3) is 0 Å². The first-order valence-electron chi connectivity index (χ1n) is 12.2. The van der Waals surface area contributed by atoms with Crippen LogP contribution in [0.3, 0.4) is 0 Å². The SMILES string of the molecule is O=C(CCC1CCN(C(=O)C2=CCCCC2)CC1)N[C@@H]1CCN(Cc2ccccc2)C1. The average molecular weight is 424 g/mol. The number of carbonyl (C=O) groups excluding carboxylic acids is 2. The smallest absolute Gasteiger partial charge is 0.249 e. The van der Waals surface area contributed by atoms with Crippen LogP contribution in [0.5, 0.6) is 0 Å². The number of rotatable bonds is 7. The maximum Gasteiger partial charge on any atom is 0.249 e. The first-order chi connectivity index (χ1) is 15.2. The molecule has 0 saturated carbocycles. The van der Waals surface area contributed by atoms with E-state index in [4.69, 9.17) is 0 Å². The van der Waals surface area contributed by atoms with Crippen molar-refractivity contribution in [2.75, 3.05) is 26.2 Å². The third kappa shape index (κ3) is 6.42. The Bertz CT molecular complexity index is 768. The van der Waals surface area contributed by atoms with Crippen molar-refractivity contribution in [1.82, 2.24) is 15.1 Å². The Morgan fingerprint density at radius 3 is 2.55 bits per heavy atom. The minimum Gasteiger partial charge on any atom is -0.352 e. The van der Waals surface area contributed by atoms with Crippen LogP contribution >= 0.6 is 0 Å². The normalized spacial score (nSPS) is 22.9. The van der Waals surface area contributed by atoms with Gasteiger partial charge in [0.2, 0.25) is 11.8 Å². The minimum atomic E-state index is 0.192. The standard InChI is InChI=1S/C26H37N3O2/c30-25(27-24-15-16-28(20-24)19-22-7-3-1-4-8-22)12-11-21-13-17-29(18-14-21)26(31)23-9-5-2-6-10-23/h1,3-4,7-9,21,24H,2,5-6,10-20H2,(H,27,30)/t24-/m1/s1. The summed E-state index contributed by atoms with van der Waals surface area (Å²) >= 11 is 0. The van der Waals surface area contributed by atoms with Gasteiger partial charge in [0.15, 0.2) is 0 Å². The molecule has 1 atom stereocenters. The maximum absolute atomic E-state index is 12.7. The lowest BCUT2D eigenvalue weighted by Crippen LogP contribution is -2.40. The van der Waals surface area contributed by atoms with Crippen LogP contribution in [0.1, 0.15) is 63.4 Å². The van der Waals surface area contributed by atoms with Gasteiger partial charge < -0.3 is 10.2 Å². The summed E-state index contributed by atoms with van der Waals surface area (Å²) in [5.74, 6) is 1.02. The van der Waals surface area contributed by atoms with Crippen LogP contribution in [0.4, 0.5) is 0 Å². The van der Waals surface area contributed by atoms with Crippen LogP contribution in [0, 0.1) is 5.92 Å². The number of likely N-dealkylation sites (tertiary alicyclic amines) is 2. The highest BCUT2D eigenvalue weighted by atomic mass is 16.2. The molecule has 2 amide bonds. The summed E-state index contributed by atoms with van der Waals surface area (Å²) in [7, 11) is 0. The predicted octanol–water partition coefficient (Wildman–Crippen LogP) is 3.90. The molecule has 168 valence electrons. The molecular weight excluding hydrogens is 386 g/mol. The molecule has 0 aromatic heterocycles. The zero-order valence-corrected chi connectivity index (χ0v) is 18.7. The fraction of sp³-hybridized carbons (Fsp3) is 0.615. The van der Waals surface area contributed by atoms with E-state index >= 15 is 0 Å². The second kappa shape index (κ2) is 10.9. The lowest BCUT2D eigenvalue weighted by molar-refractivity contribution is -0.129. The second-order valence-electron chi connectivity index (χ2n) is 9.52. The number of amides is 2. The molecule has 2 fully saturated rings. The van der Waals surface area contributed by atoms with Gasteiger partial charge >= 0.3 is 0 Å². The van der Waals surface area contributed by atoms with Gasteiger partial charge in [-0.15, -0.1) is 0 Å². The van der Waals surface area contributed by atoms with Gasteiger partial charge in [-0.25, -0.2) is 0 Å². The maximum atomic E-state index is 12.7. The molecule has 0 spiro atoms. The molecule has 4 rings (SSSR count). The van der Waals surface area contributed by atoms with E-state index in [2.05, 4.69) is 40.6 Å². The zero-order chi connectivity index (χ0) is 21.5. The van der Waals surface area contributed by atoms with Gasteiger partial charge in [-0.1, -0.05) is 36.4 Å². The highest BCUT2D eigenvalue weighted by Gasteiger charge is 2.27. The Labute approximate surface area is 186 Å². The van der Waals surface area contributed by atoms with Crippen molar-refractivity contribution in [3.63, 3.8) is 0 Å². The van der Waals surface area contributed by atoms with E-state index in [0.29, 0.717) is 12.3 Å². The fourth-order valence-electron chi connectivity index (χ4n) is 5.23. The van der Waals surface area contributed by atoms with Crippen molar-refractivity contribution in [3.05, 3.63) is 47.5 Å². The molecule has 1 aromatic carbocycles. The Kier molecular flexibility index (Phi) is 7.79. The molecule has 2 saturated heterocycles. The van der Waals surface area contributed by atoms with Crippen LogP contribution in [0.15, 0.2) is 42.0 Å². The van der Waals surface area contributed by atoms with E-state index < -0.39 is 0 Å². The Hall–Kier alpha value is -2.14. The van der Waals surface area contributed by atoms with Crippen molar-refractivity contribution in [2.45, 2.75) is 70.4 Å². The van der Waals surface area contributed by atoms with E-state index in [9.17, 15) is 9.59 Å². The molecule has 1 aromatic rings. The number of nitrogens with zero attached hydrogens (tertiary/aromatic N) is 2. The molecule has 1 N–H and O–H groups in total. The molecule has 2 aliphatic heterocycles. The molecular formula is C26H37N3O2. The summed E-state index contributed by atoms with van der Waals surface area (Å²) in [6.07, 6.45) is 11.2. The number of carbonyl (C=O) groups is 2.